The monoisotopic (exact) mass is 209 g/mol. The first-order valence-electron chi connectivity index (χ1n) is 5.16. The zero-order valence-corrected chi connectivity index (χ0v) is 8.77. The maximum atomic E-state index is 11.9. The Morgan fingerprint density at radius 3 is 3.07 bits per heavy atom. The van der Waals surface area contributed by atoms with E-state index < -0.39 is 0 Å². The zero-order chi connectivity index (χ0) is 10.8. The molecule has 0 saturated carbocycles. The Bertz CT molecular complexity index is 358. The van der Waals surface area contributed by atoms with Gasteiger partial charge in [0.2, 0.25) is 0 Å². The third kappa shape index (κ3) is 1.90. The molecule has 0 spiro atoms. The molecule has 82 valence electrons. The first-order chi connectivity index (χ1) is 7.22. The van der Waals surface area contributed by atoms with Crippen LogP contribution in [0.4, 0.5) is 0 Å². The number of nitrogens with zero attached hydrogens (tertiary/aromatic N) is 1. The summed E-state index contributed by atoms with van der Waals surface area (Å²) in [4.78, 5) is 13.7. The number of carbonyl (C=O) groups is 1. The summed E-state index contributed by atoms with van der Waals surface area (Å²) in [5.74, 6) is 0.589. The van der Waals surface area contributed by atoms with Gasteiger partial charge in [-0.25, -0.2) is 0 Å². The van der Waals surface area contributed by atoms with E-state index in [-0.39, 0.29) is 18.4 Å². The minimum absolute atomic E-state index is 0.0616. The number of hydrogen-bond donors (Lipinski definition) is 1. The molecule has 1 amide bonds. The van der Waals surface area contributed by atoms with Gasteiger partial charge in [0.15, 0.2) is 5.76 Å². The van der Waals surface area contributed by atoms with Gasteiger partial charge in [0.05, 0.1) is 6.26 Å². The number of aliphatic hydroxyl groups excluding tert-OH is 1. The van der Waals surface area contributed by atoms with E-state index in [2.05, 4.69) is 0 Å². The van der Waals surface area contributed by atoms with Gasteiger partial charge in [0, 0.05) is 31.2 Å². The molecule has 1 N–H and O–H groups in total. The molecule has 1 atom stereocenters. The number of amides is 1. The average molecular weight is 209 g/mol. The van der Waals surface area contributed by atoms with Gasteiger partial charge < -0.3 is 14.4 Å². The molecule has 0 aliphatic carbocycles. The van der Waals surface area contributed by atoms with E-state index in [1.54, 1.807) is 11.0 Å². The van der Waals surface area contributed by atoms with Crippen molar-refractivity contribution in [3.05, 3.63) is 23.7 Å². The van der Waals surface area contributed by atoms with Crippen LogP contribution in [0.3, 0.4) is 0 Å². The molecule has 1 aromatic heterocycles. The lowest BCUT2D eigenvalue weighted by Gasteiger charge is -2.14. The summed E-state index contributed by atoms with van der Waals surface area (Å²) >= 11 is 0. The van der Waals surface area contributed by atoms with Crippen LogP contribution in [0, 0.1) is 12.8 Å². The van der Waals surface area contributed by atoms with Crippen molar-refractivity contribution in [1.29, 1.82) is 0 Å². The molecule has 4 nitrogen and oxygen atoms in total. The molecule has 1 aliphatic rings. The molecule has 15 heavy (non-hydrogen) atoms. The number of rotatable bonds is 2. The van der Waals surface area contributed by atoms with Crippen molar-refractivity contribution in [1.82, 2.24) is 4.90 Å². The summed E-state index contributed by atoms with van der Waals surface area (Å²) in [6, 6.07) is 1.78. The maximum absolute atomic E-state index is 11.9. The predicted octanol–water partition coefficient (Wildman–Crippen LogP) is 1.04. The summed E-state index contributed by atoms with van der Waals surface area (Å²) < 4.78 is 5.15. The highest BCUT2D eigenvalue weighted by Gasteiger charge is 2.28. The fraction of sp³-hybridized carbons (Fsp3) is 0.545. The first kappa shape index (κ1) is 10.2. The predicted molar refractivity (Wildman–Crippen MR) is 54.5 cm³/mol. The number of aliphatic hydroxyl groups is 1. The van der Waals surface area contributed by atoms with Crippen molar-refractivity contribution < 1.29 is 14.3 Å². The molecular formula is C11H15NO3. The van der Waals surface area contributed by atoms with Gasteiger partial charge in [0.25, 0.3) is 5.91 Å². The fourth-order valence-electron chi connectivity index (χ4n) is 1.90. The van der Waals surface area contributed by atoms with Gasteiger partial charge in [-0.15, -0.1) is 0 Å². The average Bonchev–Trinajstić information content (AvgIpc) is 2.84. The molecule has 1 aliphatic heterocycles. The summed E-state index contributed by atoms with van der Waals surface area (Å²) in [6.45, 7) is 3.36. The second-order valence-electron chi connectivity index (χ2n) is 4.02. The largest absolute Gasteiger partial charge is 0.459 e. The van der Waals surface area contributed by atoms with Crippen LogP contribution >= 0.6 is 0 Å². The highest BCUT2D eigenvalue weighted by Crippen LogP contribution is 2.19. The Kier molecular flexibility index (Phi) is 2.77. The van der Waals surface area contributed by atoms with Crippen LogP contribution in [0.5, 0.6) is 0 Å². The van der Waals surface area contributed by atoms with Gasteiger partial charge in [-0.05, 0) is 19.4 Å². The molecule has 0 aromatic carbocycles. The van der Waals surface area contributed by atoms with Crippen molar-refractivity contribution >= 4 is 5.91 Å². The van der Waals surface area contributed by atoms with Crippen LogP contribution in [-0.2, 0) is 0 Å². The summed E-state index contributed by atoms with van der Waals surface area (Å²) in [6.07, 6.45) is 2.41. The zero-order valence-electron chi connectivity index (χ0n) is 8.77. The van der Waals surface area contributed by atoms with E-state index in [1.165, 1.54) is 6.26 Å². The van der Waals surface area contributed by atoms with E-state index in [9.17, 15) is 4.79 Å². The maximum Gasteiger partial charge on any atom is 0.289 e. The third-order valence-corrected chi connectivity index (χ3v) is 2.89. The summed E-state index contributed by atoms with van der Waals surface area (Å²) in [5.41, 5.74) is 0.868. The number of furan rings is 1. The SMILES string of the molecule is Cc1ccoc1C(=O)N1CCC(CO)C1. The van der Waals surface area contributed by atoms with E-state index in [4.69, 9.17) is 9.52 Å². The smallest absolute Gasteiger partial charge is 0.289 e. The number of likely N-dealkylation sites (tertiary alicyclic amines) is 1. The van der Waals surface area contributed by atoms with Gasteiger partial charge >= 0.3 is 0 Å². The lowest BCUT2D eigenvalue weighted by Crippen LogP contribution is -2.29. The number of aryl methyl sites for hydroxylation is 1. The summed E-state index contributed by atoms with van der Waals surface area (Å²) in [7, 11) is 0. The van der Waals surface area contributed by atoms with E-state index in [1.807, 2.05) is 6.92 Å². The van der Waals surface area contributed by atoms with Crippen molar-refractivity contribution in [2.45, 2.75) is 13.3 Å². The van der Waals surface area contributed by atoms with E-state index >= 15 is 0 Å². The Labute approximate surface area is 88.5 Å². The van der Waals surface area contributed by atoms with Crippen LogP contribution < -0.4 is 0 Å². The Morgan fingerprint density at radius 1 is 1.73 bits per heavy atom. The lowest BCUT2D eigenvalue weighted by atomic mass is 10.1. The lowest BCUT2D eigenvalue weighted by molar-refractivity contribution is 0.0749. The molecule has 2 rings (SSSR count). The van der Waals surface area contributed by atoms with Crippen LogP contribution in [0.15, 0.2) is 16.7 Å². The molecule has 1 saturated heterocycles. The van der Waals surface area contributed by atoms with Crippen molar-refractivity contribution in [2.24, 2.45) is 5.92 Å². The van der Waals surface area contributed by atoms with Crippen molar-refractivity contribution in [3.8, 4) is 0 Å². The highest BCUT2D eigenvalue weighted by molar-refractivity contribution is 5.93. The van der Waals surface area contributed by atoms with Gasteiger partial charge in [-0.3, -0.25) is 4.79 Å². The second-order valence-corrected chi connectivity index (χ2v) is 4.02. The molecule has 4 heteroatoms. The number of hydrogen-bond acceptors (Lipinski definition) is 3. The van der Waals surface area contributed by atoms with Gasteiger partial charge in [0.1, 0.15) is 0 Å². The minimum atomic E-state index is -0.0616. The molecule has 2 heterocycles. The molecular weight excluding hydrogens is 194 g/mol. The molecule has 0 bridgehead atoms. The molecule has 1 aromatic rings. The van der Waals surface area contributed by atoms with E-state index in [0.29, 0.717) is 18.8 Å². The van der Waals surface area contributed by atoms with Gasteiger partial charge in [-0.2, -0.15) is 0 Å². The number of carbonyl (C=O) groups excluding carboxylic acids is 1. The van der Waals surface area contributed by atoms with Crippen molar-refractivity contribution in [3.63, 3.8) is 0 Å². The Balaban J connectivity index is 2.07. The minimum Gasteiger partial charge on any atom is -0.459 e. The van der Waals surface area contributed by atoms with Crippen molar-refractivity contribution in [2.75, 3.05) is 19.7 Å². The van der Waals surface area contributed by atoms with Crippen LogP contribution in [0.2, 0.25) is 0 Å². The first-order valence-corrected chi connectivity index (χ1v) is 5.16. The molecule has 1 unspecified atom stereocenters. The topological polar surface area (TPSA) is 53.7 Å². The highest BCUT2D eigenvalue weighted by atomic mass is 16.3. The third-order valence-electron chi connectivity index (χ3n) is 2.89. The van der Waals surface area contributed by atoms with E-state index in [0.717, 1.165) is 12.0 Å². The molecule has 0 radical (unpaired) electrons. The standard InChI is InChI=1S/C11H15NO3/c1-8-3-5-15-10(8)11(14)12-4-2-9(6-12)7-13/h3,5,9,13H,2,4,6-7H2,1H3. The van der Waals surface area contributed by atoms with Crippen LogP contribution in [-0.4, -0.2) is 35.6 Å². The normalized spacial score (nSPS) is 20.9. The van der Waals surface area contributed by atoms with Crippen LogP contribution in [0.25, 0.3) is 0 Å². The Hall–Kier alpha value is -1.29. The van der Waals surface area contributed by atoms with Gasteiger partial charge in [-0.1, -0.05) is 0 Å². The quantitative estimate of drug-likeness (QED) is 0.791. The second kappa shape index (κ2) is 4.06. The Morgan fingerprint density at radius 2 is 2.53 bits per heavy atom. The fourth-order valence-corrected chi connectivity index (χ4v) is 1.90. The van der Waals surface area contributed by atoms with Crippen LogP contribution in [0.1, 0.15) is 22.5 Å². The summed E-state index contributed by atoms with van der Waals surface area (Å²) in [5, 5.41) is 8.99. The molecule has 1 fully saturated rings.